The maximum Gasteiger partial charge on any atom is 0.222 e. The van der Waals surface area contributed by atoms with Gasteiger partial charge in [0, 0.05) is 35.8 Å². The lowest BCUT2D eigenvalue weighted by atomic mass is 10.2. The molecule has 1 aromatic rings. The summed E-state index contributed by atoms with van der Waals surface area (Å²) < 4.78 is 0. The van der Waals surface area contributed by atoms with Crippen LogP contribution < -0.4 is 16.0 Å². The number of hydrogen-bond donors (Lipinski definition) is 3. The van der Waals surface area contributed by atoms with Gasteiger partial charge in [0.1, 0.15) is 0 Å². The van der Waals surface area contributed by atoms with E-state index in [-0.39, 0.29) is 11.8 Å². The van der Waals surface area contributed by atoms with Crippen molar-refractivity contribution >= 4 is 23.2 Å². The van der Waals surface area contributed by atoms with Crippen molar-refractivity contribution in [2.24, 2.45) is 10.9 Å². The van der Waals surface area contributed by atoms with Crippen LogP contribution >= 0.6 is 11.3 Å². The molecule has 6 heteroatoms. The molecule has 1 aromatic heterocycles. The Morgan fingerprint density at radius 3 is 2.43 bits per heavy atom. The smallest absolute Gasteiger partial charge is 0.222 e. The van der Waals surface area contributed by atoms with Crippen molar-refractivity contribution in [3.8, 4) is 0 Å². The molecule has 0 spiro atoms. The molecular weight excluding hydrogens is 284 g/mol. The first-order valence-corrected chi connectivity index (χ1v) is 8.18. The van der Waals surface area contributed by atoms with E-state index in [1.54, 1.807) is 7.05 Å². The third kappa shape index (κ3) is 6.62. The van der Waals surface area contributed by atoms with E-state index in [4.69, 9.17) is 0 Å². The molecule has 3 N–H and O–H groups in total. The Hall–Kier alpha value is -1.56. The van der Waals surface area contributed by atoms with Crippen LogP contribution in [0.25, 0.3) is 0 Å². The van der Waals surface area contributed by atoms with Gasteiger partial charge < -0.3 is 16.0 Å². The number of hydrogen-bond acceptors (Lipinski definition) is 3. The van der Waals surface area contributed by atoms with E-state index >= 15 is 0 Å². The summed E-state index contributed by atoms with van der Waals surface area (Å²) in [6, 6.07) is 4.31. The molecule has 0 aliphatic rings. The van der Waals surface area contributed by atoms with Crippen molar-refractivity contribution in [1.29, 1.82) is 0 Å². The molecule has 0 atom stereocenters. The number of carbonyl (C=O) groups is 1. The Morgan fingerprint density at radius 1 is 1.19 bits per heavy atom. The van der Waals surface area contributed by atoms with Crippen molar-refractivity contribution < 1.29 is 4.79 Å². The Kier molecular flexibility index (Phi) is 7.82. The lowest BCUT2D eigenvalue weighted by Gasteiger charge is -2.12. The van der Waals surface area contributed by atoms with Gasteiger partial charge in [-0.05, 0) is 18.6 Å². The Bertz CT molecular complexity index is 468. The molecule has 0 radical (unpaired) electrons. The fraction of sp³-hybridized carbons (Fsp3) is 0.600. The molecule has 0 unspecified atom stereocenters. The van der Waals surface area contributed by atoms with Crippen molar-refractivity contribution in [2.75, 3.05) is 20.1 Å². The minimum atomic E-state index is 0.0222. The summed E-state index contributed by atoms with van der Waals surface area (Å²) in [6.45, 7) is 7.95. The lowest BCUT2D eigenvalue weighted by molar-refractivity contribution is -0.123. The van der Waals surface area contributed by atoms with E-state index in [1.165, 1.54) is 9.75 Å². The highest BCUT2D eigenvalue weighted by Gasteiger charge is 2.05. The number of guanidine groups is 1. The van der Waals surface area contributed by atoms with Crippen LogP contribution in [0.15, 0.2) is 17.1 Å². The predicted molar refractivity (Wildman–Crippen MR) is 89.7 cm³/mol. The van der Waals surface area contributed by atoms with Crippen molar-refractivity contribution in [1.82, 2.24) is 16.0 Å². The second-order valence-electron chi connectivity index (χ2n) is 5.02. The summed E-state index contributed by atoms with van der Waals surface area (Å²) in [5.74, 6) is 0.847. The quantitative estimate of drug-likeness (QED) is 0.408. The van der Waals surface area contributed by atoms with Crippen LogP contribution in [0.2, 0.25) is 0 Å². The van der Waals surface area contributed by atoms with Gasteiger partial charge in [0.15, 0.2) is 5.96 Å². The fourth-order valence-electron chi connectivity index (χ4n) is 1.67. The molecule has 0 aliphatic carbocycles. The highest BCUT2D eigenvalue weighted by atomic mass is 32.1. The maximum absolute atomic E-state index is 11.4. The molecule has 0 saturated heterocycles. The van der Waals surface area contributed by atoms with Crippen molar-refractivity contribution in [3.05, 3.63) is 21.9 Å². The highest BCUT2D eigenvalue weighted by molar-refractivity contribution is 7.11. The Morgan fingerprint density at radius 2 is 1.86 bits per heavy atom. The van der Waals surface area contributed by atoms with E-state index in [0.717, 1.165) is 18.9 Å². The molecule has 1 rings (SSSR count). The van der Waals surface area contributed by atoms with E-state index in [1.807, 2.05) is 25.2 Å². The first kappa shape index (κ1) is 17.5. The van der Waals surface area contributed by atoms with E-state index in [0.29, 0.717) is 13.1 Å². The summed E-state index contributed by atoms with van der Waals surface area (Å²) in [6.07, 6.45) is 1.08. The average Bonchev–Trinajstić information content (AvgIpc) is 2.94. The van der Waals surface area contributed by atoms with E-state index < -0.39 is 0 Å². The number of amides is 1. The Labute approximate surface area is 131 Å². The molecular formula is C15H26N4OS. The predicted octanol–water partition coefficient (Wildman–Crippen LogP) is 1.75. The molecule has 118 valence electrons. The molecule has 1 amide bonds. The van der Waals surface area contributed by atoms with Gasteiger partial charge in [-0.15, -0.1) is 11.3 Å². The third-order valence-electron chi connectivity index (χ3n) is 2.96. The van der Waals surface area contributed by atoms with Crippen LogP contribution in [0.4, 0.5) is 0 Å². The zero-order chi connectivity index (χ0) is 15.7. The van der Waals surface area contributed by atoms with Crippen LogP contribution in [-0.4, -0.2) is 32.0 Å². The number of carbonyl (C=O) groups excluding carboxylic acids is 1. The second kappa shape index (κ2) is 9.39. The van der Waals surface area contributed by atoms with Gasteiger partial charge in [-0.1, -0.05) is 20.8 Å². The molecule has 5 nitrogen and oxygen atoms in total. The van der Waals surface area contributed by atoms with Gasteiger partial charge in [-0.3, -0.25) is 9.79 Å². The van der Waals surface area contributed by atoms with E-state index in [2.05, 4.69) is 40.0 Å². The van der Waals surface area contributed by atoms with E-state index in [9.17, 15) is 4.79 Å². The number of aryl methyl sites for hydroxylation is 1. The Balaban J connectivity index is 2.24. The standard InChI is InChI=1S/C15H26N4OS/c1-5-12-6-7-13(21-12)10-19-15(16-4)18-9-8-17-14(20)11(2)3/h6-7,11H,5,8-10H2,1-4H3,(H,17,20)(H2,16,18,19). The molecule has 0 saturated carbocycles. The first-order chi connectivity index (χ1) is 10.1. The van der Waals surface area contributed by atoms with Gasteiger partial charge in [0.05, 0.1) is 6.54 Å². The molecule has 0 bridgehead atoms. The third-order valence-corrected chi connectivity index (χ3v) is 4.19. The maximum atomic E-state index is 11.4. The van der Waals surface area contributed by atoms with Crippen LogP contribution in [0.1, 0.15) is 30.5 Å². The van der Waals surface area contributed by atoms with Gasteiger partial charge >= 0.3 is 0 Å². The normalized spacial score (nSPS) is 11.6. The SMILES string of the molecule is CCc1ccc(CNC(=NC)NCCNC(=O)C(C)C)s1. The highest BCUT2D eigenvalue weighted by Crippen LogP contribution is 2.16. The van der Waals surface area contributed by atoms with Crippen LogP contribution in [-0.2, 0) is 17.8 Å². The average molecular weight is 310 g/mol. The number of thiophene rings is 1. The summed E-state index contributed by atoms with van der Waals surface area (Å²) >= 11 is 1.82. The summed E-state index contributed by atoms with van der Waals surface area (Å²) in [5, 5.41) is 9.32. The number of nitrogens with zero attached hydrogens (tertiary/aromatic N) is 1. The summed E-state index contributed by atoms with van der Waals surface area (Å²) in [4.78, 5) is 18.3. The van der Waals surface area contributed by atoms with Gasteiger partial charge in [0.2, 0.25) is 5.91 Å². The molecule has 0 aliphatic heterocycles. The monoisotopic (exact) mass is 310 g/mol. The largest absolute Gasteiger partial charge is 0.355 e. The second-order valence-corrected chi connectivity index (χ2v) is 6.27. The van der Waals surface area contributed by atoms with Crippen LogP contribution in [0.3, 0.4) is 0 Å². The number of nitrogens with one attached hydrogen (secondary N) is 3. The number of rotatable bonds is 7. The minimum absolute atomic E-state index is 0.0222. The molecule has 21 heavy (non-hydrogen) atoms. The van der Waals surface area contributed by atoms with Gasteiger partial charge in [-0.2, -0.15) is 0 Å². The van der Waals surface area contributed by atoms with Crippen LogP contribution in [0, 0.1) is 5.92 Å². The molecule has 0 aromatic carbocycles. The number of aliphatic imine (C=N–C) groups is 1. The summed E-state index contributed by atoms with van der Waals surface area (Å²) in [5.41, 5.74) is 0. The first-order valence-electron chi connectivity index (χ1n) is 7.36. The topological polar surface area (TPSA) is 65.5 Å². The molecule has 0 fully saturated rings. The van der Waals surface area contributed by atoms with Crippen LogP contribution in [0.5, 0.6) is 0 Å². The molecule has 1 heterocycles. The van der Waals surface area contributed by atoms with Gasteiger partial charge in [0.25, 0.3) is 0 Å². The van der Waals surface area contributed by atoms with Gasteiger partial charge in [-0.25, -0.2) is 0 Å². The van der Waals surface area contributed by atoms with Crippen molar-refractivity contribution in [3.63, 3.8) is 0 Å². The zero-order valence-corrected chi connectivity index (χ0v) is 14.1. The lowest BCUT2D eigenvalue weighted by Crippen LogP contribution is -2.41. The zero-order valence-electron chi connectivity index (χ0n) is 13.3. The van der Waals surface area contributed by atoms with Crippen molar-refractivity contribution in [2.45, 2.75) is 33.7 Å². The summed E-state index contributed by atoms with van der Waals surface area (Å²) in [7, 11) is 1.74. The fourth-order valence-corrected chi connectivity index (χ4v) is 2.57. The minimum Gasteiger partial charge on any atom is -0.355 e.